The summed E-state index contributed by atoms with van der Waals surface area (Å²) in [5, 5.41) is 2.92. The Morgan fingerprint density at radius 2 is 1.68 bits per heavy atom. The number of anilines is 1. The van der Waals surface area contributed by atoms with E-state index in [1.807, 2.05) is 0 Å². The summed E-state index contributed by atoms with van der Waals surface area (Å²) in [4.78, 5) is 27.5. The standard InChI is InChI=1S/C23H28Cl2FN3O4S/c1-15(22(31)27-23(2,3)4)28(13-16-9-11-17(26)12-10-16)20(30)14-29(34(5,32)33)19-8-6-7-18(24)21(19)25/h6-12,15H,13-14H2,1-5H3,(H,27,31). The summed E-state index contributed by atoms with van der Waals surface area (Å²) in [6.07, 6.45) is 0.942. The SMILES string of the molecule is CC(C(=O)NC(C)(C)C)N(Cc1ccc(F)cc1)C(=O)CN(c1cccc(Cl)c1Cl)S(C)(=O)=O. The second-order valence-electron chi connectivity index (χ2n) is 8.91. The third kappa shape index (κ3) is 7.58. The Morgan fingerprint density at radius 1 is 1.09 bits per heavy atom. The van der Waals surface area contributed by atoms with Gasteiger partial charge in [0.1, 0.15) is 18.4 Å². The zero-order chi connectivity index (χ0) is 25.8. The van der Waals surface area contributed by atoms with E-state index in [2.05, 4.69) is 5.32 Å². The van der Waals surface area contributed by atoms with Gasteiger partial charge in [0.25, 0.3) is 0 Å². The average molecular weight is 532 g/mol. The molecule has 0 fully saturated rings. The lowest BCUT2D eigenvalue weighted by Crippen LogP contribution is -2.54. The molecule has 2 aromatic rings. The van der Waals surface area contributed by atoms with Gasteiger partial charge in [-0.25, -0.2) is 12.8 Å². The van der Waals surface area contributed by atoms with E-state index in [0.29, 0.717) is 5.56 Å². The number of rotatable bonds is 8. The minimum absolute atomic E-state index is 0.0222. The second-order valence-corrected chi connectivity index (χ2v) is 11.6. The van der Waals surface area contributed by atoms with Gasteiger partial charge in [-0.3, -0.25) is 13.9 Å². The van der Waals surface area contributed by atoms with Crippen LogP contribution in [0.25, 0.3) is 0 Å². The van der Waals surface area contributed by atoms with Crippen molar-refractivity contribution in [3.05, 3.63) is 63.9 Å². The maximum Gasteiger partial charge on any atom is 0.244 e. The lowest BCUT2D eigenvalue weighted by molar-refractivity contribution is -0.140. The van der Waals surface area contributed by atoms with Crippen LogP contribution in [0.1, 0.15) is 33.3 Å². The fraction of sp³-hybridized carbons (Fsp3) is 0.391. The number of carbonyl (C=O) groups is 2. The van der Waals surface area contributed by atoms with Gasteiger partial charge in [-0.1, -0.05) is 41.4 Å². The molecular weight excluding hydrogens is 504 g/mol. The molecular formula is C23H28Cl2FN3O4S. The number of hydrogen-bond acceptors (Lipinski definition) is 4. The Kier molecular flexibility index (Phi) is 8.96. The molecule has 7 nitrogen and oxygen atoms in total. The molecule has 0 aromatic heterocycles. The van der Waals surface area contributed by atoms with Gasteiger partial charge in [-0.15, -0.1) is 0 Å². The van der Waals surface area contributed by atoms with Gasteiger partial charge in [0, 0.05) is 12.1 Å². The van der Waals surface area contributed by atoms with E-state index >= 15 is 0 Å². The van der Waals surface area contributed by atoms with Crippen molar-refractivity contribution >= 4 is 50.7 Å². The minimum Gasteiger partial charge on any atom is -0.350 e. The predicted octanol–water partition coefficient (Wildman–Crippen LogP) is 4.23. The zero-order valence-electron chi connectivity index (χ0n) is 19.6. The summed E-state index contributed by atoms with van der Waals surface area (Å²) in [5.41, 5.74) is 0.0543. The number of halogens is 3. The van der Waals surface area contributed by atoms with E-state index < -0.39 is 45.8 Å². The first-order valence-corrected chi connectivity index (χ1v) is 13.0. The van der Waals surface area contributed by atoms with Crippen molar-refractivity contribution in [1.29, 1.82) is 0 Å². The molecule has 0 saturated carbocycles. The Balaban J connectivity index is 2.44. The summed E-state index contributed by atoms with van der Waals surface area (Å²) in [7, 11) is -3.95. The van der Waals surface area contributed by atoms with Crippen LogP contribution >= 0.6 is 23.2 Å². The number of hydrogen-bond donors (Lipinski definition) is 1. The molecule has 0 radical (unpaired) electrons. The lowest BCUT2D eigenvalue weighted by Gasteiger charge is -2.33. The van der Waals surface area contributed by atoms with Crippen molar-refractivity contribution in [1.82, 2.24) is 10.2 Å². The first-order valence-electron chi connectivity index (χ1n) is 10.4. The molecule has 0 aliphatic rings. The molecule has 1 atom stereocenters. The normalized spacial score (nSPS) is 12.7. The molecule has 11 heteroatoms. The van der Waals surface area contributed by atoms with Gasteiger partial charge in [0.2, 0.25) is 21.8 Å². The molecule has 2 rings (SSSR count). The molecule has 1 unspecified atom stereocenters. The highest BCUT2D eigenvalue weighted by Gasteiger charge is 2.32. The smallest absolute Gasteiger partial charge is 0.244 e. The highest BCUT2D eigenvalue weighted by molar-refractivity contribution is 7.92. The zero-order valence-corrected chi connectivity index (χ0v) is 21.9. The molecule has 0 heterocycles. The monoisotopic (exact) mass is 531 g/mol. The van der Waals surface area contributed by atoms with Crippen LogP contribution in [0.4, 0.5) is 10.1 Å². The van der Waals surface area contributed by atoms with Crippen molar-refractivity contribution in [2.24, 2.45) is 0 Å². The van der Waals surface area contributed by atoms with Crippen LogP contribution in [0.2, 0.25) is 10.0 Å². The molecule has 0 bridgehead atoms. The summed E-state index contributed by atoms with van der Waals surface area (Å²) < 4.78 is 39.4. The molecule has 0 aliphatic carbocycles. The van der Waals surface area contributed by atoms with Crippen LogP contribution in [-0.2, 0) is 26.2 Å². The van der Waals surface area contributed by atoms with Gasteiger partial charge in [-0.05, 0) is 57.5 Å². The van der Waals surface area contributed by atoms with E-state index in [1.165, 1.54) is 47.4 Å². The third-order valence-corrected chi connectivity index (χ3v) is 6.75. The number of sulfonamides is 1. The van der Waals surface area contributed by atoms with E-state index in [-0.39, 0.29) is 22.3 Å². The summed E-state index contributed by atoms with van der Waals surface area (Å²) in [5.74, 6) is -1.52. The van der Waals surface area contributed by atoms with Gasteiger partial charge >= 0.3 is 0 Å². The number of nitrogens with one attached hydrogen (secondary N) is 1. The molecule has 34 heavy (non-hydrogen) atoms. The Morgan fingerprint density at radius 3 is 2.21 bits per heavy atom. The van der Waals surface area contributed by atoms with E-state index in [1.54, 1.807) is 27.7 Å². The second kappa shape index (κ2) is 10.9. The van der Waals surface area contributed by atoms with E-state index in [4.69, 9.17) is 23.2 Å². The first-order chi connectivity index (χ1) is 15.6. The Bertz CT molecular complexity index is 1150. The van der Waals surface area contributed by atoms with Crippen LogP contribution in [0.3, 0.4) is 0 Å². The predicted molar refractivity (Wildman–Crippen MR) is 133 cm³/mol. The van der Waals surface area contributed by atoms with Crippen molar-refractivity contribution in [2.45, 2.75) is 45.8 Å². The van der Waals surface area contributed by atoms with Gasteiger partial charge in [0.05, 0.1) is 22.0 Å². The van der Waals surface area contributed by atoms with Crippen LogP contribution in [0, 0.1) is 5.82 Å². The highest BCUT2D eigenvalue weighted by atomic mass is 35.5. The molecule has 2 aromatic carbocycles. The Hall–Kier alpha value is -2.36. The molecule has 2 amide bonds. The van der Waals surface area contributed by atoms with Crippen molar-refractivity contribution in [3.63, 3.8) is 0 Å². The summed E-state index contributed by atoms with van der Waals surface area (Å²) in [6.45, 7) is 6.29. The van der Waals surface area contributed by atoms with Crippen molar-refractivity contribution < 1.29 is 22.4 Å². The molecule has 186 valence electrons. The maximum absolute atomic E-state index is 13.4. The van der Waals surface area contributed by atoms with Gasteiger partial charge < -0.3 is 10.2 Å². The summed E-state index contributed by atoms with van der Waals surface area (Å²) in [6, 6.07) is 8.96. The largest absolute Gasteiger partial charge is 0.350 e. The van der Waals surface area contributed by atoms with Crippen LogP contribution in [-0.4, -0.2) is 49.5 Å². The van der Waals surface area contributed by atoms with Crippen molar-refractivity contribution in [3.8, 4) is 0 Å². The fourth-order valence-corrected chi connectivity index (χ4v) is 4.43. The quantitative estimate of drug-likeness (QED) is 0.552. The van der Waals surface area contributed by atoms with E-state index in [0.717, 1.165) is 10.6 Å². The highest BCUT2D eigenvalue weighted by Crippen LogP contribution is 2.33. The number of carbonyl (C=O) groups excluding carboxylic acids is 2. The van der Waals surface area contributed by atoms with Gasteiger partial charge in [0.15, 0.2) is 0 Å². The summed E-state index contributed by atoms with van der Waals surface area (Å²) >= 11 is 12.3. The fourth-order valence-electron chi connectivity index (χ4n) is 3.12. The molecule has 0 spiro atoms. The van der Waals surface area contributed by atoms with Gasteiger partial charge in [-0.2, -0.15) is 0 Å². The first kappa shape index (κ1) is 27.9. The number of benzene rings is 2. The number of amides is 2. The molecule has 1 N–H and O–H groups in total. The van der Waals surface area contributed by atoms with Crippen LogP contribution in [0.5, 0.6) is 0 Å². The number of nitrogens with zero attached hydrogens (tertiary/aromatic N) is 2. The van der Waals surface area contributed by atoms with E-state index in [9.17, 15) is 22.4 Å². The minimum atomic E-state index is -3.95. The maximum atomic E-state index is 13.4. The third-order valence-electron chi connectivity index (χ3n) is 4.81. The van der Waals surface area contributed by atoms with Crippen molar-refractivity contribution in [2.75, 3.05) is 17.1 Å². The Labute approximate surface area is 209 Å². The lowest BCUT2D eigenvalue weighted by atomic mass is 10.1. The topological polar surface area (TPSA) is 86.8 Å². The molecule has 0 saturated heterocycles. The average Bonchev–Trinajstić information content (AvgIpc) is 2.71. The van der Waals surface area contributed by atoms with Crippen LogP contribution in [0.15, 0.2) is 42.5 Å². The van der Waals surface area contributed by atoms with Crippen LogP contribution < -0.4 is 9.62 Å². The molecule has 0 aliphatic heterocycles.